The van der Waals surface area contributed by atoms with Crippen LogP contribution in [0.5, 0.6) is 0 Å². The standard InChI is InChI=1S/C13H12N2O4S/c1-8-7-20-13(19)15(8)6-11(16)14-10-5-3-2-4-9(10)12(17)18/h2-5,7H,6H2,1H3,(H,14,16)(H,17,18). The minimum Gasteiger partial charge on any atom is -0.478 e. The van der Waals surface area contributed by atoms with Gasteiger partial charge in [0, 0.05) is 11.1 Å². The Balaban J connectivity index is 2.17. The van der Waals surface area contributed by atoms with Gasteiger partial charge in [0.1, 0.15) is 6.54 Å². The summed E-state index contributed by atoms with van der Waals surface area (Å²) in [4.78, 5) is 34.2. The van der Waals surface area contributed by atoms with Crippen LogP contribution < -0.4 is 10.2 Å². The number of carbonyl (C=O) groups is 2. The van der Waals surface area contributed by atoms with Crippen LogP contribution in [0.3, 0.4) is 0 Å². The summed E-state index contributed by atoms with van der Waals surface area (Å²) >= 11 is 1.02. The van der Waals surface area contributed by atoms with Gasteiger partial charge in [-0.25, -0.2) is 4.79 Å². The van der Waals surface area contributed by atoms with E-state index in [2.05, 4.69) is 5.32 Å². The largest absolute Gasteiger partial charge is 0.478 e. The lowest BCUT2D eigenvalue weighted by molar-refractivity contribution is -0.116. The van der Waals surface area contributed by atoms with Gasteiger partial charge in [-0.05, 0) is 19.1 Å². The van der Waals surface area contributed by atoms with Crippen molar-refractivity contribution in [2.24, 2.45) is 0 Å². The number of carboxylic acids is 1. The van der Waals surface area contributed by atoms with Crippen molar-refractivity contribution in [2.45, 2.75) is 13.5 Å². The van der Waals surface area contributed by atoms with Gasteiger partial charge in [-0.1, -0.05) is 23.5 Å². The van der Waals surface area contributed by atoms with E-state index < -0.39 is 11.9 Å². The molecule has 2 rings (SSSR count). The maximum Gasteiger partial charge on any atom is 0.337 e. The molecular weight excluding hydrogens is 280 g/mol. The van der Waals surface area contributed by atoms with Crippen molar-refractivity contribution in [1.82, 2.24) is 4.57 Å². The summed E-state index contributed by atoms with van der Waals surface area (Å²) in [5.41, 5.74) is 0.919. The molecule has 7 heteroatoms. The molecule has 104 valence electrons. The minimum absolute atomic E-state index is 0.00948. The molecule has 0 aliphatic heterocycles. The third-order valence-corrected chi connectivity index (χ3v) is 3.59. The number of aryl methyl sites for hydroxylation is 1. The van der Waals surface area contributed by atoms with E-state index in [9.17, 15) is 14.4 Å². The Labute approximate surface area is 118 Å². The van der Waals surface area contributed by atoms with Gasteiger partial charge in [-0.2, -0.15) is 0 Å². The summed E-state index contributed by atoms with van der Waals surface area (Å²) in [6, 6.07) is 6.11. The first kappa shape index (κ1) is 14.0. The molecule has 0 bridgehead atoms. The molecule has 1 aromatic heterocycles. The molecule has 0 spiro atoms. The summed E-state index contributed by atoms with van der Waals surface area (Å²) in [7, 11) is 0. The number of nitrogens with one attached hydrogen (secondary N) is 1. The fourth-order valence-electron chi connectivity index (χ4n) is 1.71. The Morgan fingerprint density at radius 3 is 2.65 bits per heavy atom. The average Bonchev–Trinajstić information content (AvgIpc) is 2.71. The highest BCUT2D eigenvalue weighted by molar-refractivity contribution is 7.07. The van der Waals surface area contributed by atoms with Crippen molar-refractivity contribution in [3.63, 3.8) is 0 Å². The number of nitrogens with zero attached hydrogens (tertiary/aromatic N) is 1. The molecule has 1 amide bonds. The van der Waals surface area contributed by atoms with Crippen LogP contribution in [0.4, 0.5) is 5.69 Å². The maximum absolute atomic E-state index is 11.9. The second kappa shape index (κ2) is 5.70. The van der Waals surface area contributed by atoms with E-state index in [1.165, 1.54) is 16.7 Å². The number of anilines is 1. The minimum atomic E-state index is -1.12. The highest BCUT2D eigenvalue weighted by Gasteiger charge is 2.13. The number of carboxylic acid groups (broad SMARTS) is 1. The van der Waals surface area contributed by atoms with E-state index in [1.54, 1.807) is 24.4 Å². The number of hydrogen-bond acceptors (Lipinski definition) is 4. The second-order valence-corrected chi connectivity index (χ2v) is 4.95. The van der Waals surface area contributed by atoms with E-state index in [0.29, 0.717) is 5.69 Å². The number of benzene rings is 1. The number of aromatic nitrogens is 1. The van der Waals surface area contributed by atoms with E-state index in [1.807, 2.05) is 0 Å². The molecule has 0 unspecified atom stereocenters. The van der Waals surface area contributed by atoms with E-state index >= 15 is 0 Å². The first-order chi connectivity index (χ1) is 9.49. The quantitative estimate of drug-likeness (QED) is 0.895. The zero-order valence-electron chi connectivity index (χ0n) is 10.6. The fourth-order valence-corrected chi connectivity index (χ4v) is 2.44. The van der Waals surface area contributed by atoms with Gasteiger partial charge in [0.15, 0.2) is 0 Å². The topological polar surface area (TPSA) is 88.4 Å². The number of para-hydroxylation sites is 1. The summed E-state index contributed by atoms with van der Waals surface area (Å²) in [6.07, 6.45) is 0. The van der Waals surface area contributed by atoms with Crippen LogP contribution in [0, 0.1) is 6.92 Å². The van der Waals surface area contributed by atoms with Gasteiger partial charge in [0.2, 0.25) is 5.91 Å². The number of hydrogen-bond donors (Lipinski definition) is 2. The summed E-state index contributed by atoms with van der Waals surface area (Å²) in [6.45, 7) is 1.60. The molecule has 0 saturated carbocycles. The molecule has 20 heavy (non-hydrogen) atoms. The van der Waals surface area contributed by atoms with Crippen LogP contribution in [-0.4, -0.2) is 21.6 Å². The summed E-state index contributed by atoms with van der Waals surface area (Å²) in [5, 5.41) is 13.2. The zero-order valence-corrected chi connectivity index (χ0v) is 11.4. The molecule has 0 aliphatic carbocycles. The highest BCUT2D eigenvalue weighted by Crippen LogP contribution is 2.14. The number of rotatable bonds is 4. The molecule has 0 fully saturated rings. The molecule has 0 saturated heterocycles. The van der Waals surface area contributed by atoms with Crippen LogP contribution in [-0.2, 0) is 11.3 Å². The lowest BCUT2D eigenvalue weighted by Crippen LogP contribution is -2.25. The Morgan fingerprint density at radius 1 is 1.35 bits per heavy atom. The Bertz CT molecular complexity index is 717. The van der Waals surface area contributed by atoms with Gasteiger partial charge in [0.05, 0.1) is 11.3 Å². The van der Waals surface area contributed by atoms with Crippen LogP contribution in [0.1, 0.15) is 16.1 Å². The Hall–Kier alpha value is -2.41. The van der Waals surface area contributed by atoms with Crippen LogP contribution in [0.25, 0.3) is 0 Å². The van der Waals surface area contributed by atoms with E-state index in [-0.39, 0.29) is 22.7 Å². The van der Waals surface area contributed by atoms with Crippen LogP contribution in [0.15, 0.2) is 34.4 Å². The van der Waals surface area contributed by atoms with Gasteiger partial charge < -0.3 is 10.4 Å². The third kappa shape index (κ3) is 2.94. The van der Waals surface area contributed by atoms with Crippen LogP contribution in [0.2, 0.25) is 0 Å². The maximum atomic E-state index is 11.9. The van der Waals surface area contributed by atoms with Gasteiger partial charge in [-0.3, -0.25) is 14.2 Å². The van der Waals surface area contributed by atoms with Crippen molar-refractivity contribution in [1.29, 1.82) is 0 Å². The second-order valence-electron chi connectivity index (χ2n) is 4.13. The molecule has 2 aromatic rings. The van der Waals surface area contributed by atoms with Crippen LogP contribution >= 0.6 is 11.3 Å². The van der Waals surface area contributed by atoms with Crippen molar-refractivity contribution >= 4 is 28.9 Å². The number of carbonyl (C=O) groups excluding carboxylic acids is 1. The molecule has 1 aromatic carbocycles. The van der Waals surface area contributed by atoms with Gasteiger partial charge >= 0.3 is 10.8 Å². The average molecular weight is 292 g/mol. The molecule has 0 atom stereocenters. The summed E-state index contributed by atoms with van der Waals surface area (Å²) < 4.78 is 1.34. The Morgan fingerprint density at radius 2 is 2.05 bits per heavy atom. The van der Waals surface area contributed by atoms with E-state index in [0.717, 1.165) is 11.3 Å². The van der Waals surface area contributed by atoms with Crippen molar-refractivity contribution < 1.29 is 14.7 Å². The SMILES string of the molecule is Cc1csc(=O)n1CC(=O)Nc1ccccc1C(=O)O. The molecular formula is C13H12N2O4S. The first-order valence-corrected chi connectivity index (χ1v) is 6.64. The predicted octanol–water partition coefficient (Wildman–Crippen LogP) is 1.56. The number of thiazole rings is 1. The summed E-state index contributed by atoms with van der Waals surface area (Å²) in [5.74, 6) is -1.56. The monoisotopic (exact) mass is 292 g/mol. The molecule has 0 radical (unpaired) electrons. The number of amides is 1. The van der Waals surface area contributed by atoms with E-state index in [4.69, 9.17) is 5.11 Å². The lowest BCUT2D eigenvalue weighted by atomic mass is 10.2. The number of aromatic carboxylic acids is 1. The first-order valence-electron chi connectivity index (χ1n) is 5.76. The lowest BCUT2D eigenvalue weighted by Gasteiger charge is -2.09. The normalized spacial score (nSPS) is 10.2. The molecule has 1 heterocycles. The van der Waals surface area contributed by atoms with Crippen molar-refractivity contribution in [3.8, 4) is 0 Å². The fraction of sp³-hybridized carbons (Fsp3) is 0.154. The van der Waals surface area contributed by atoms with Gasteiger partial charge in [-0.15, -0.1) is 0 Å². The van der Waals surface area contributed by atoms with Gasteiger partial charge in [0.25, 0.3) is 0 Å². The molecule has 2 N–H and O–H groups in total. The Kier molecular flexibility index (Phi) is 3.99. The molecule has 6 nitrogen and oxygen atoms in total. The molecule has 0 aliphatic rings. The van der Waals surface area contributed by atoms with Crippen molar-refractivity contribution in [3.05, 3.63) is 50.6 Å². The highest BCUT2D eigenvalue weighted by atomic mass is 32.1. The smallest absolute Gasteiger partial charge is 0.337 e. The predicted molar refractivity (Wildman–Crippen MR) is 75.3 cm³/mol. The van der Waals surface area contributed by atoms with Crippen molar-refractivity contribution in [2.75, 3.05) is 5.32 Å². The third-order valence-electron chi connectivity index (χ3n) is 2.71. The zero-order chi connectivity index (χ0) is 14.7.